The second-order valence-electron chi connectivity index (χ2n) is 5.10. The number of carbonyl (C=O) groups is 1. The van der Waals surface area contributed by atoms with Gasteiger partial charge in [0.1, 0.15) is 11.5 Å². The Bertz CT molecular complexity index is 469. The number of nitriles is 1. The highest BCUT2D eigenvalue weighted by Crippen LogP contribution is 2.22. The molecule has 0 aliphatic carbocycles. The molecular weight excluding hydrogens is 230 g/mol. The first-order chi connectivity index (χ1) is 8.37. The molecule has 98 valence electrons. The van der Waals surface area contributed by atoms with Crippen molar-refractivity contribution in [3.63, 3.8) is 0 Å². The first kappa shape index (κ1) is 14.2. The van der Waals surface area contributed by atoms with E-state index in [0.29, 0.717) is 12.4 Å². The van der Waals surface area contributed by atoms with E-state index >= 15 is 0 Å². The topological polar surface area (TPSA) is 78.9 Å². The van der Waals surface area contributed by atoms with Crippen molar-refractivity contribution in [1.29, 1.82) is 5.26 Å². The summed E-state index contributed by atoms with van der Waals surface area (Å²) in [5, 5.41) is 17.9. The smallest absolute Gasteiger partial charge is 0.354 e. The van der Waals surface area contributed by atoms with E-state index < -0.39 is 5.97 Å². The molecule has 5 heteroatoms. The fourth-order valence-corrected chi connectivity index (χ4v) is 1.81. The van der Waals surface area contributed by atoms with Crippen molar-refractivity contribution in [2.75, 3.05) is 0 Å². The van der Waals surface area contributed by atoms with Crippen LogP contribution in [-0.2, 0) is 6.54 Å². The average molecular weight is 249 g/mol. The third kappa shape index (κ3) is 3.59. The number of nitrogens with zero attached hydrogens (tertiary/aromatic N) is 3. The first-order valence-electron chi connectivity index (χ1n) is 6.04. The van der Waals surface area contributed by atoms with Gasteiger partial charge in [-0.15, -0.1) is 0 Å². The standard InChI is InChI=1S/C13H19N3O2/c1-10-15-8-11(12(17)18)16(10)7-5-4-6-13(2,3)9-14/h8H,4-7H2,1-3H3,(H,17,18). The Hall–Kier alpha value is -1.83. The van der Waals surface area contributed by atoms with Crippen LogP contribution < -0.4 is 0 Å². The molecule has 0 radical (unpaired) electrons. The highest BCUT2D eigenvalue weighted by molar-refractivity contribution is 5.85. The van der Waals surface area contributed by atoms with E-state index in [-0.39, 0.29) is 11.1 Å². The summed E-state index contributed by atoms with van der Waals surface area (Å²) < 4.78 is 1.71. The number of aryl methyl sites for hydroxylation is 1. The molecule has 0 saturated carbocycles. The number of hydrogen-bond donors (Lipinski definition) is 1. The third-order valence-electron chi connectivity index (χ3n) is 3.01. The van der Waals surface area contributed by atoms with Crippen molar-refractivity contribution < 1.29 is 9.90 Å². The van der Waals surface area contributed by atoms with E-state index in [9.17, 15) is 4.79 Å². The summed E-state index contributed by atoms with van der Waals surface area (Å²) in [6.45, 7) is 6.26. The van der Waals surface area contributed by atoms with Crippen molar-refractivity contribution >= 4 is 5.97 Å². The zero-order chi connectivity index (χ0) is 13.8. The number of unbranched alkanes of at least 4 members (excludes halogenated alkanes) is 1. The average Bonchev–Trinajstić information content (AvgIpc) is 2.66. The molecule has 0 aliphatic heterocycles. The van der Waals surface area contributed by atoms with Crippen LogP contribution in [0.1, 0.15) is 49.4 Å². The van der Waals surface area contributed by atoms with E-state index in [1.807, 2.05) is 13.8 Å². The zero-order valence-corrected chi connectivity index (χ0v) is 11.1. The fourth-order valence-electron chi connectivity index (χ4n) is 1.81. The summed E-state index contributed by atoms with van der Waals surface area (Å²) in [4.78, 5) is 15.0. The minimum atomic E-state index is -0.951. The van der Waals surface area contributed by atoms with Gasteiger partial charge in [-0.2, -0.15) is 5.26 Å². The van der Waals surface area contributed by atoms with Gasteiger partial charge in [-0.1, -0.05) is 6.42 Å². The summed E-state index contributed by atoms with van der Waals surface area (Å²) in [6, 6.07) is 2.26. The van der Waals surface area contributed by atoms with Gasteiger partial charge >= 0.3 is 5.97 Å². The van der Waals surface area contributed by atoms with Crippen LogP contribution >= 0.6 is 0 Å². The molecule has 1 rings (SSSR count). The summed E-state index contributed by atoms with van der Waals surface area (Å²) in [6.07, 6.45) is 3.95. The van der Waals surface area contributed by atoms with E-state index in [0.717, 1.165) is 19.3 Å². The molecule has 1 aromatic rings. The van der Waals surface area contributed by atoms with Crippen molar-refractivity contribution in [1.82, 2.24) is 9.55 Å². The third-order valence-corrected chi connectivity index (χ3v) is 3.01. The monoisotopic (exact) mass is 249 g/mol. The van der Waals surface area contributed by atoms with Gasteiger partial charge in [-0.25, -0.2) is 9.78 Å². The van der Waals surface area contributed by atoms with E-state index in [1.165, 1.54) is 6.20 Å². The number of carboxylic acids is 1. The quantitative estimate of drug-likeness (QED) is 0.786. The predicted molar refractivity (Wildman–Crippen MR) is 67.2 cm³/mol. The lowest BCUT2D eigenvalue weighted by atomic mass is 9.89. The number of aromatic nitrogens is 2. The lowest BCUT2D eigenvalue weighted by molar-refractivity contribution is 0.0684. The summed E-state index contributed by atoms with van der Waals surface area (Å²) in [5.74, 6) is -0.236. The van der Waals surface area contributed by atoms with Crippen molar-refractivity contribution in [3.8, 4) is 6.07 Å². The molecule has 0 aliphatic rings. The second kappa shape index (κ2) is 5.67. The summed E-state index contributed by atoms with van der Waals surface area (Å²) in [7, 11) is 0. The number of imidazole rings is 1. The molecule has 1 heterocycles. The maximum atomic E-state index is 11.0. The molecular formula is C13H19N3O2. The number of carboxylic acid groups (broad SMARTS) is 1. The maximum absolute atomic E-state index is 11.0. The van der Waals surface area contributed by atoms with Gasteiger partial charge in [-0.3, -0.25) is 0 Å². The molecule has 0 amide bonds. The molecule has 18 heavy (non-hydrogen) atoms. The van der Waals surface area contributed by atoms with Crippen LogP contribution in [0.2, 0.25) is 0 Å². The van der Waals surface area contributed by atoms with Gasteiger partial charge < -0.3 is 9.67 Å². The SMILES string of the molecule is Cc1ncc(C(=O)O)n1CCCCC(C)(C)C#N. The predicted octanol–water partition coefficient (Wildman–Crippen LogP) is 2.61. The Balaban J connectivity index is 2.53. The van der Waals surface area contributed by atoms with Crippen molar-refractivity contribution in [2.24, 2.45) is 5.41 Å². The minimum absolute atomic E-state index is 0.229. The Morgan fingerprint density at radius 2 is 2.22 bits per heavy atom. The minimum Gasteiger partial charge on any atom is -0.477 e. The zero-order valence-electron chi connectivity index (χ0n) is 11.1. The molecule has 0 spiro atoms. The van der Waals surface area contributed by atoms with Crippen molar-refractivity contribution in [3.05, 3.63) is 17.7 Å². The Kier molecular flexibility index (Phi) is 4.49. The summed E-state index contributed by atoms with van der Waals surface area (Å²) >= 11 is 0. The molecule has 0 unspecified atom stereocenters. The molecule has 0 saturated heterocycles. The molecule has 1 N–H and O–H groups in total. The maximum Gasteiger partial charge on any atom is 0.354 e. The van der Waals surface area contributed by atoms with Crippen LogP contribution in [0, 0.1) is 23.7 Å². The lowest BCUT2D eigenvalue weighted by Gasteiger charge is -2.15. The van der Waals surface area contributed by atoms with Gasteiger partial charge in [0.25, 0.3) is 0 Å². The van der Waals surface area contributed by atoms with Gasteiger partial charge in [0, 0.05) is 6.54 Å². The van der Waals surface area contributed by atoms with Gasteiger partial charge in [0.2, 0.25) is 0 Å². The lowest BCUT2D eigenvalue weighted by Crippen LogP contribution is -2.11. The molecule has 0 fully saturated rings. The second-order valence-corrected chi connectivity index (χ2v) is 5.10. The van der Waals surface area contributed by atoms with Gasteiger partial charge in [0.05, 0.1) is 17.7 Å². The largest absolute Gasteiger partial charge is 0.477 e. The Morgan fingerprint density at radius 3 is 2.78 bits per heavy atom. The fraction of sp³-hybridized carbons (Fsp3) is 0.615. The van der Waals surface area contributed by atoms with Crippen LogP contribution in [0.4, 0.5) is 0 Å². The van der Waals surface area contributed by atoms with Crippen LogP contribution in [-0.4, -0.2) is 20.6 Å². The molecule has 5 nitrogen and oxygen atoms in total. The molecule has 0 bridgehead atoms. The first-order valence-corrected chi connectivity index (χ1v) is 6.04. The van der Waals surface area contributed by atoms with E-state index in [2.05, 4.69) is 11.1 Å². The number of rotatable bonds is 6. The van der Waals surface area contributed by atoms with E-state index in [4.69, 9.17) is 10.4 Å². The highest BCUT2D eigenvalue weighted by atomic mass is 16.4. The van der Waals surface area contributed by atoms with Crippen LogP contribution in [0.3, 0.4) is 0 Å². The van der Waals surface area contributed by atoms with Crippen LogP contribution in [0.15, 0.2) is 6.20 Å². The Morgan fingerprint density at radius 1 is 1.56 bits per heavy atom. The highest BCUT2D eigenvalue weighted by Gasteiger charge is 2.16. The molecule has 0 aromatic carbocycles. The van der Waals surface area contributed by atoms with Crippen LogP contribution in [0.5, 0.6) is 0 Å². The Labute approximate surface area is 107 Å². The number of aromatic carboxylic acids is 1. The van der Waals surface area contributed by atoms with Gasteiger partial charge in [-0.05, 0) is 33.6 Å². The normalized spacial score (nSPS) is 11.2. The van der Waals surface area contributed by atoms with E-state index in [1.54, 1.807) is 11.5 Å². The molecule has 0 atom stereocenters. The van der Waals surface area contributed by atoms with Crippen molar-refractivity contribution in [2.45, 2.75) is 46.6 Å². The van der Waals surface area contributed by atoms with Crippen LogP contribution in [0.25, 0.3) is 0 Å². The molecule has 1 aromatic heterocycles. The number of hydrogen-bond acceptors (Lipinski definition) is 3. The van der Waals surface area contributed by atoms with Gasteiger partial charge in [0.15, 0.2) is 0 Å². The summed E-state index contributed by atoms with van der Waals surface area (Å²) in [5.41, 5.74) is -0.0772.